The molecule has 0 bridgehead atoms. The van der Waals surface area contributed by atoms with Crippen molar-refractivity contribution >= 4 is 18.1 Å². The molecule has 184 valence electrons. The molecule has 0 radical (unpaired) electrons. The Morgan fingerprint density at radius 1 is 0.972 bits per heavy atom. The Morgan fingerprint density at radius 3 is 2.42 bits per heavy atom. The van der Waals surface area contributed by atoms with Crippen LogP contribution in [0.4, 0.5) is 0 Å². The monoisotopic (exact) mass is 484 g/mol. The highest BCUT2D eigenvalue weighted by Gasteiger charge is 2.44. The molecular weight excluding hydrogens is 456 g/mol. The number of hydrogen-bond donors (Lipinski definition) is 1. The molecule has 1 aliphatic carbocycles. The van der Waals surface area contributed by atoms with Gasteiger partial charge in [0.15, 0.2) is 11.5 Å². The summed E-state index contributed by atoms with van der Waals surface area (Å²) in [6.45, 7) is 6.71. The maximum atomic E-state index is 12.5. The summed E-state index contributed by atoms with van der Waals surface area (Å²) >= 11 is 0. The summed E-state index contributed by atoms with van der Waals surface area (Å²) in [4.78, 5) is 24.9. The number of hydrazone groups is 1. The topological polar surface area (TPSA) is 86.2 Å². The number of carbonyl (C=O) groups excluding carboxylic acids is 2. The van der Waals surface area contributed by atoms with E-state index in [1.165, 1.54) is 11.1 Å². The van der Waals surface area contributed by atoms with Crippen LogP contribution in [0.1, 0.15) is 60.2 Å². The molecule has 5 rings (SSSR count). The van der Waals surface area contributed by atoms with E-state index in [0.29, 0.717) is 22.8 Å². The molecular formula is C29H28N2O5. The summed E-state index contributed by atoms with van der Waals surface area (Å²) in [5, 5.41) is 4.09. The van der Waals surface area contributed by atoms with Crippen molar-refractivity contribution in [3.63, 3.8) is 0 Å². The summed E-state index contributed by atoms with van der Waals surface area (Å²) in [5.41, 5.74) is 6.37. The Hall–Kier alpha value is -4.13. The van der Waals surface area contributed by atoms with Gasteiger partial charge in [-0.05, 0) is 76.9 Å². The second kappa shape index (κ2) is 9.49. The van der Waals surface area contributed by atoms with Crippen LogP contribution in [0.3, 0.4) is 0 Å². The molecule has 7 heteroatoms. The van der Waals surface area contributed by atoms with Gasteiger partial charge in [0.2, 0.25) is 12.7 Å². The molecule has 1 heterocycles. The second-order valence-corrected chi connectivity index (χ2v) is 10.1. The van der Waals surface area contributed by atoms with E-state index in [2.05, 4.69) is 55.6 Å². The lowest BCUT2D eigenvalue weighted by atomic mass is 9.86. The van der Waals surface area contributed by atoms with Crippen LogP contribution in [0.15, 0.2) is 71.8 Å². The van der Waals surface area contributed by atoms with Gasteiger partial charge in [-0.1, -0.05) is 45.0 Å². The Balaban J connectivity index is 1.11. The molecule has 2 unspecified atom stereocenters. The molecule has 7 nitrogen and oxygen atoms in total. The minimum Gasteiger partial charge on any atom is -0.454 e. The molecule has 2 aliphatic rings. The molecule has 2 atom stereocenters. The van der Waals surface area contributed by atoms with Crippen molar-refractivity contribution in [3.05, 3.63) is 89.0 Å². The van der Waals surface area contributed by atoms with Crippen LogP contribution in [0.25, 0.3) is 0 Å². The van der Waals surface area contributed by atoms with Gasteiger partial charge in [0.05, 0.1) is 11.8 Å². The summed E-state index contributed by atoms with van der Waals surface area (Å²) in [6.07, 6.45) is 2.40. The number of ether oxygens (including phenoxy) is 3. The van der Waals surface area contributed by atoms with E-state index in [4.69, 9.17) is 14.2 Å². The van der Waals surface area contributed by atoms with Crippen LogP contribution in [0, 0.1) is 5.92 Å². The predicted octanol–water partition coefficient (Wildman–Crippen LogP) is 5.19. The molecule has 3 aromatic rings. The third-order valence-corrected chi connectivity index (χ3v) is 6.42. The van der Waals surface area contributed by atoms with E-state index in [1.807, 2.05) is 0 Å². The number of nitrogens with one attached hydrogen (secondary N) is 1. The summed E-state index contributed by atoms with van der Waals surface area (Å²) in [7, 11) is 0. The minimum absolute atomic E-state index is 0.0550. The molecule has 1 fully saturated rings. The first kappa shape index (κ1) is 23.6. The molecule has 1 N–H and O–H groups in total. The van der Waals surface area contributed by atoms with Gasteiger partial charge in [-0.2, -0.15) is 5.10 Å². The van der Waals surface area contributed by atoms with Crippen molar-refractivity contribution in [2.45, 2.75) is 38.5 Å². The Kier molecular flexibility index (Phi) is 6.22. The zero-order valence-electron chi connectivity index (χ0n) is 20.5. The van der Waals surface area contributed by atoms with E-state index < -0.39 is 5.97 Å². The quantitative estimate of drug-likeness (QED) is 0.225. The third kappa shape index (κ3) is 5.25. The van der Waals surface area contributed by atoms with Crippen LogP contribution in [0.2, 0.25) is 0 Å². The van der Waals surface area contributed by atoms with E-state index in [9.17, 15) is 9.59 Å². The summed E-state index contributed by atoms with van der Waals surface area (Å²) in [5.74, 6) is 1.15. The summed E-state index contributed by atoms with van der Waals surface area (Å²) < 4.78 is 16.0. The fourth-order valence-electron chi connectivity index (χ4n) is 4.15. The van der Waals surface area contributed by atoms with Crippen LogP contribution in [-0.2, 0) is 10.2 Å². The zero-order valence-corrected chi connectivity index (χ0v) is 20.5. The molecule has 1 saturated carbocycles. The van der Waals surface area contributed by atoms with Crippen molar-refractivity contribution in [3.8, 4) is 17.2 Å². The van der Waals surface area contributed by atoms with Crippen molar-refractivity contribution in [1.29, 1.82) is 0 Å². The highest BCUT2D eigenvalue weighted by Crippen LogP contribution is 2.47. The van der Waals surface area contributed by atoms with Crippen LogP contribution < -0.4 is 19.6 Å². The van der Waals surface area contributed by atoms with Gasteiger partial charge in [0.1, 0.15) is 5.75 Å². The Labute approximate surface area is 210 Å². The largest absolute Gasteiger partial charge is 0.454 e. The number of nitrogens with zero attached hydrogens (tertiary/aromatic N) is 1. The van der Waals surface area contributed by atoms with E-state index in [1.54, 1.807) is 48.7 Å². The maximum Gasteiger partial charge on any atom is 0.343 e. The Morgan fingerprint density at radius 2 is 1.69 bits per heavy atom. The first-order valence-electron chi connectivity index (χ1n) is 11.9. The number of fused-ring (bicyclic) bond motifs is 1. The van der Waals surface area contributed by atoms with Crippen molar-refractivity contribution in [2.75, 3.05) is 6.79 Å². The molecule has 1 amide bonds. The fourth-order valence-corrected chi connectivity index (χ4v) is 4.15. The number of carbonyl (C=O) groups is 2. The average molecular weight is 485 g/mol. The smallest absolute Gasteiger partial charge is 0.343 e. The van der Waals surface area contributed by atoms with Gasteiger partial charge in [0.25, 0.3) is 0 Å². The zero-order chi connectivity index (χ0) is 25.3. The van der Waals surface area contributed by atoms with Crippen molar-refractivity contribution < 1.29 is 23.8 Å². The lowest BCUT2D eigenvalue weighted by molar-refractivity contribution is -0.122. The number of benzene rings is 3. The van der Waals surface area contributed by atoms with Gasteiger partial charge in [0, 0.05) is 5.92 Å². The molecule has 0 spiro atoms. The van der Waals surface area contributed by atoms with Gasteiger partial charge in [-0.3, -0.25) is 4.79 Å². The lowest BCUT2D eigenvalue weighted by Crippen LogP contribution is -2.20. The maximum absolute atomic E-state index is 12.5. The van der Waals surface area contributed by atoms with E-state index in [-0.39, 0.29) is 30.0 Å². The standard InChI is InChI=1S/C29H28N2O5/c1-29(2,3)21-9-6-19(7-10-21)23-15-24(23)27(32)31-30-16-18-4-11-22(12-5-18)36-28(33)20-8-13-25-26(14-20)35-17-34-25/h4-14,16,23-24H,15,17H2,1-3H3,(H,31,32). The van der Waals surface area contributed by atoms with Crippen molar-refractivity contribution in [2.24, 2.45) is 11.0 Å². The van der Waals surface area contributed by atoms with Gasteiger partial charge >= 0.3 is 5.97 Å². The minimum atomic E-state index is -0.492. The van der Waals surface area contributed by atoms with Crippen LogP contribution >= 0.6 is 0 Å². The molecule has 0 saturated heterocycles. The molecule has 36 heavy (non-hydrogen) atoms. The van der Waals surface area contributed by atoms with Gasteiger partial charge in [-0.25, -0.2) is 10.2 Å². The first-order valence-corrected chi connectivity index (χ1v) is 11.9. The predicted molar refractivity (Wildman–Crippen MR) is 136 cm³/mol. The van der Waals surface area contributed by atoms with E-state index in [0.717, 1.165) is 12.0 Å². The lowest BCUT2D eigenvalue weighted by Gasteiger charge is -2.19. The fraction of sp³-hybridized carbons (Fsp3) is 0.276. The number of esters is 1. The van der Waals surface area contributed by atoms with E-state index >= 15 is 0 Å². The van der Waals surface area contributed by atoms with Crippen LogP contribution in [-0.4, -0.2) is 24.9 Å². The van der Waals surface area contributed by atoms with Gasteiger partial charge < -0.3 is 14.2 Å². The molecule has 1 aliphatic heterocycles. The average Bonchev–Trinajstić information content (AvgIpc) is 3.53. The number of amides is 1. The van der Waals surface area contributed by atoms with Crippen LogP contribution in [0.5, 0.6) is 17.2 Å². The molecule has 0 aromatic heterocycles. The molecule has 3 aromatic carbocycles. The number of rotatable bonds is 6. The van der Waals surface area contributed by atoms with Crippen molar-refractivity contribution in [1.82, 2.24) is 5.43 Å². The number of hydrogen-bond acceptors (Lipinski definition) is 6. The second-order valence-electron chi connectivity index (χ2n) is 10.1. The SMILES string of the molecule is CC(C)(C)c1ccc(C2CC2C(=O)NN=Cc2ccc(OC(=O)c3ccc4c(c3)OCO4)cc2)cc1. The highest BCUT2D eigenvalue weighted by molar-refractivity contribution is 5.92. The Bertz CT molecular complexity index is 1310. The van der Waals surface area contributed by atoms with Gasteiger partial charge in [-0.15, -0.1) is 0 Å². The highest BCUT2D eigenvalue weighted by atomic mass is 16.7. The first-order chi connectivity index (χ1) is 17.3. The summed E-state index contributed by atoms with van der Waals surface area (Å²) in [6, 6.07) is 20.3. The third-order valence-electron chi connectivity index (χ3n) is 6.42. The normalized spacial score (nSPS) is 18.2.